The lowest BCUT2D eigenvalue weighted by molar-refractivity contribution is 0.0518. The molecule has 0 bridgehead atoms. The van der Waals surface area contributed by atoms with Crippen LogP contribution in [0.4, 0.5) is 0 Å². The van der Waals surface area contributed by atoms with E-state index in [0.29, 0.717) is 18.9 Å². The third-order valence-electron chi connectivity index (χ3n) is 3.28. The first-order valence-corrected chi connectivity index (χ1v) is 7.60. The molecule has 0 N–H and O–H groups in total. The number of aromatic nitrogens is 2. The number of carbonyl (C=O) groups excluding carboxylic acids is 1. The molecular formula is C17H22N2O3. The molecule has 5 heteroatoms. The molecule has 0 atom stereocenters. The van der Waals surface area contributed by atoms with Crippen LogP contribution in [0.15, 0.2) is 30.3 Å². The van der Waals surface area contributed by atoms with Crippen molar-refractivity contribution >= 4 is 5.97 Å². The molecule has 1 heterocycles. The normalized spacial score (nSPS) is 10.5. The second-order valence-corrected chi connectivity index (χ2v) is 4.96. The van der Waals surface area contributed by atoms with Gasteiger partial charge in [0.2, 0.25) is 0 Å². The molecule has 1 aromatic heterocycles. The van der Waals surface area contributed by atoms with Crippen LogP contribution in [-0.4, -0.2) is 29.0 Å². The lowest BCUT2D eigenvalue weighted by Crippen LogP contribution is -2.06. The summed E-state index contributed by atoms with van der Waals surface area (Å²) in [5, 5.41) is 4.23. The van der Waals surface area contributed by atoms with Gasteiger partial charge in [-0.05, 0) is 31.5 Å². The van der Waals surface area contributed by atoms with E-state index in [2.05, 4.69) is 12.0 Å². The molecule has 0 saturated carbocycles. The Morgan fingerprint density at radius 2 is 2.05 bits per heavy atom. The molecule has 0 unspecified atom stereocenters. The largest absolute Gasteiger partial charge is 0.493 e. The highest BCUT2D eigenvalue weighted by Crippen LogP contribution is 2.30. The Bertz CT molecular complexity index is 635. The molecule has 0 aliphatic heterocycles. The van der Waals surface area contributed by atoms with E-state index in [1.807, 2.05) is 24.3 Å². The van der Waals surface area contributed by atoms with Gasteiger partial charge in [0.25, 0.3) is 0 Å². The number of ether oxygens (including phenoxy) is 2. The van der Waals surface area contributed by atoms with Gasteiger partial charge < -0.3 is 9.47 Å². The summed E-state index contributed by atoms with van der Waals surface area (Å²) in [4.78, 5) is 11.8. The number of carbonyl (C=O) groups is 1. The molecule has 118 valence electrons. The summed E-state index contributed by atoms with van der Waals surface area (Å²) < 4.78 is 12.5. The molecule has 0 radical (unpaired) electrons. The molecule has 5 nitrogen and oxygen atoms in total. The molecule has 2 aromatic rings. The molecule has 0 saturated heterocycles. The third kappa shape index (κ3) is 3.67. The highest BCUT2D eigenvalue weighted by Gasteiger charge is 2.17. The van der Waals surface area contributed by atoms with E-state index in [0.717, 1.165) is 29.8 Å². The van der Waals surface area contributed by atoms with Crippen LogP contribution in [0.2, 0.25) is 0 Å². The number of esters is 1. The highest BCUT2D eigenvalue weighted by atomic mass is 16.5. The number of unbranched alkanes of at least 4 members (excludes halogenated alkanes) is 1. The van der Waals surface area contributed by atoms with Crippen LogP contribution < -0.4 is 4.74 Å². The van der Waals surface area contributed by atoms with Gasteiger partial charge in [0.1, 0.15) is 5.75 Å². The zero-order valence-electron chi connectivity index (χ0n) is 13.3. The van der Waals surface area contributed by atoms with Crippen LogP contribution in [-0.2, 0) is 11.8 Å². The van der Waals surface area contributed by atoms with Crippen molar-refractivity contribution in [1.29, 1.82) is 0 Å². The van der Waals surface area contributed by atoms with E-state index in [1.165, 1.54) is 0 Å². The van der Waals surface area contributed by atoms with Crippen molar-refractivity contribution in [3.63, 3.8) is 0 Å². The van der Waals surface area contributed by atoms with Gasteiger partial charge in [-0.1, -0.05) is 25.5 Å². The second-order valence-electron chi connectivity index (χ2n) is 4.96. The lowest BCUT2D eigenvalue weighted by Gasteiger charge is -2.11. The first-order chi connectivity index (χ1) is 10.7. The van der Waals surface area contributed by atoms with E-state index in [-0.39, 0.29) is 0 Å². The van der Waals surface area contributed by atoms with Crippen molar-refractivity contribution in [3.05, 3.63) is 36.0 Å². The smallest absolute Gasteiger partial charge is 0.358 e. The number of nitrogens with zero attached hydrogens (tertiary/aromatic N) is 2. The summed E-state index contributed by atoms with van der Waals surface area (Å²) in [7, 11) is 1.81. The zero-order valence-corrected chi connectivity index (χ0v) is 13.3. The maximum atomic E-state index is 11.8. The number of hydrogen-bond acceptors (Lipinski definition) is 4. The quantitative estimate of drug-likeness (QED) is 0.581. The van der Waals surface area contributed by atoms with Crippen LogP contribution in [0.5, 0.6) is 5.75 Å². The van der Waals surface area contributed by atoms with Gasteiger partial charge in [-0.2, -0.15) is 5.10 Å². The molecule has 1 aromatic carbocycles. The Hall–Kier alpha value is -2.30. The SMILES string of the molecule is CCCCOc1ccccc1-c1cc(C(=O)OCC)nn1C. The Morgan fingerprint density at radius 1 is 1.27 bits per heavy atom. The number of benzene rings is 1. The fourth-order valence-electron chi connectivity index (χ4n) is 2.15. The van der Waals surface area contributed by atoms with Crippen molar-refractivity contribution in [2.75, 3.05) is 13.2 Å². The summed E-state index contributed by atoms with van der Waals surface area (Å²) in [6, 6.07) is 9.52. The number of rotatable bonds is 7. The molecule has 0 fully saturated rings. The molecule has 0 amide bonds. The minimum Gasteiger partial charge on any atom is -0.493 e. The van der Waals surface area contributed by atoms with E-state index >= 15 is 0 Å². The standard InChI is InChI=1S/C17H22N2O3/c1-4-6-11-22-16-10-8-7-9-13(16)15-12-14(18-19(15)3)17(20)21-5-2/h7-10,12H,4-6,11H2,1-3H3. The van der Waals surface area contributed by atoms with E-state index < -0.39 is 5.97 Å². The summed E-state index contributed by atoms with van der Waals surface area (Å²) in [6.45, 7) is 4.91. The minimum atomic E-state index is -0.409. The Kier molecular flexibility index (Phi) is 5.58. The van der Waals surface area contributed by atoms with Gasteiger partial charge in [0.15, 0.2) is 5.69 Å². The Labute approximate surface area is 130 Å². The van der Waals surface area contributed by atoms with E-state index in [9.17, 15) is 4.79 Å². The number of hydrogen-bond donors (Lipinski definition) is 0. The van der Waals surface area contributed by atoms with Crippen molar-refractivity contribution in [2.45, 2.75) is 26.7 Å². The predicted octanol–water partition coefficient (Wildman–Crippen LogP) is 3.44. The number of para-hydroxylation sites is 1. The van der Waals surface area contributed by atoms with E-state index in [1.54, 1.807) is 24.7 Å². The van der Waals surface area contributed by atoms with Crippen molar-refractivity contribution in [3.8, 4) is 17.0 Å². The van der Waals surface area contributed by atoms with Crippen molar-refractivity contribution in [1.82, 2.24) is 9.78 Å². The summed E-state index contributed by atoms with van der Waals surface area (Å²) in [5.41, 5.74) is 2.06. The first-order valence-electron chi connectivity index (χ1n) is 7.60. The molecule has 0 aliphatic carbocycles. The van der Waals surface area contributed by atoms with Crippen molar-refractivity contribution < 1.29 is 14.3 Å². The Balaban J connectivity index is 2.30. The van der Waals surface area contributed by atoms with Crippen molar-refractivity contribution in [2.24, 2.45) is 7.05 Å². The lowest BCUT2D eigenvalue weighted by atomic mass is 10.1. The van der Waals surface area contributed by atoms with Crippen LogP contribution in [0.1, 0.15) is 37.2 Å². The van der Waals surface area contributed by atoms with Gasteiger partial charge in [0.05, 0.1) is 18.9 Å². The average molecular weight is 302 g/mol. The summed E-state index contributed by atoms with van der Waals surface area (Å²) in [5.74, 6) is 0.392. The van der Waals surface area contributed by atoms with Gasteiger partial charge >= 0.3 is 5.97 Å². The van der Waals surface area contributed by atoms with Gasteiger partial charge in [-0.25, -0.2) is 4.79 Å². The molecule has 22 heavy (non-hydrogen) atoms. The molecule has 2 rings (SSSR count). The highest BCUT2D eigenvalue weighted by molar-refractivity contribution is 5.89. The monoisotopic (exact) mass is 302 g/mol. The minimum absolute atomic E-state index is 0.308. The predicted molar refractivity (Wildman–Crippen MR) is 85.0 cm³/mol. The maximum Gasteiger partial charge on any atom is 0.358 e. The fraction of sp³-hybridized carbons (Fsp3) is 0.412. The second kappa shape index (κ2) is 7.64. The summed E-state index contributed by atoms with van der Waals surface area (Å²) >= 11 is 0. The maximum absolute atomic E-state index is 11.8. The summed E-state index contributed by atoms with van der Waals surface area (Å²) in [6.07, 6.45) is 2.09. The van der Waals surface area contributed by atoms with Crippen LogP contribution >= 0.6 is 0 Å². The fourth-order valence-corrected chi connectivity index (χ4v) is 2.15. The van der Waals surface area contributed by atoms with Gasteiger partial charge in [-0.15, -0.1) is 0 Å². The third-order valence-corrected chi connectivity index (χ3v) is 3.28. The average Bonchev–Trinajstić information content (AvgIpc) is 2.90. The van der Waals surface area contributed by atoms with Gasteiger partial charge in [0, 0.05) is 12.6 Å². The van der Waals surface area contributed by atoms with Crippen LogP contribution in [0.3, 0.4) is 0 Å². The van der Waals surface area contributed by atoms with Crippen LogP contribution in [0, 0.1) is 0 Å². The molecular weight excluding hydrogens is 280 g/mol. The zero-order chi connectivity index (χ0) is 15.9. The number of aryl methyl sites for hydroxylation is 1. The molecule has 0 spiro atoms. The molecule has 0 aliphatic rings. The van der Waals surface area contributed by atoms with Gasteiger partial charge in [-0.3, -0.25) is 4.68 Å². The topological polar surface area (TPSA) is 53.4 Å². The Morgan fingerprint density at radius 3 is 2.77 bits per heavy atom. The van der Waals surface area contributed by atoms with Crippen LogP contribution in [0.25, 0.3) is 11.3 Å². The van der Waals surface area contributed by atoms with E-state index in [4.69, 9.17) is 9.47 Å². The first kappa shape index (κ1) is 16.1.